The van der Waals surface area contributed by atoms with E-state index in [-0.39, 0.29) is 30.9 Å². The molecule has 2 aromatic rings. The second-order valence-corrected chi connectivity index (χ2v) is 6.22. The lowest BCUT2D eigenvalue weighted by Gasteiger charge is -2.28. The van der Waals surface area contributed by atoms with Crippen molar-refractivity contribution in [3.05, 3.63) is 59.2 Å². The molecule has 0 atom stereocenters. The Morgan fingerprint density at radius 3 is 2.65 bits per heavy atom. The Morgan fingerprint density at radius 1 is 1.15 bits per heavy atom. The van der Waals surface area contributed by atoms with E-state index >= 15 is 0 Å². The van der Waals surface area contributed by atoms with Gasteiger partial charge in [0.2, 0.25) is 5.91 Å². The van der Waals surface area contributed by atoms with Crippen molar-refractivity contribution < 1.29 is 9.59 Å². The molecule has 1 aliphatic rings. The van der Waals surface area contributed by atoms with Gasteiger partial charge in [-0.1, -0.05) is 30.3 Å². The largest absolute Gasteiger partial charge is 0.399 e. The molecule has 26 heavy (non-hydrogen) atoms. The first kappa shape index (κ1) is 19.6. The molecular formula is C19H23ClN4O2. The van der Waals surface area contributed by atoms with Crippen LogP contribution in [-0.4, -0.2) is 29.9 Å². The smallest absolute Gasteiger partial charge is 0.318 e. The van der Waals surface area contributed by atoms with Gasteiger partial charge in [0.25, 0.3) is 0 Å². The quantitative estimate of drug-likeness (QED) is 0.722. The molecule has 1 heterocycles. The summed E-state index contributed by atoms with van der Waals surface area (Å²) in [6, 6.07) is 13.2. The number of nitrogen functional groups attached to an aromatic ring is 1. The van der Waals surface area contributed by atoms with Crippen LogP contribution in [0.3, 0.4) is 0 Å². The van der Waals surface area contributed by atoms with E-state index in [4.69, 9.17) is 5.73 Å². The SMILES string of the molecule is Cc1ccc(N)cc1NC(=O)CNC(=O)N1CCc2ccccc2C1.Cl. The van der Waals surface area contributed by atoms with Gasteiger partial charge in [-0.05, 0) is 42.2 Å². The van der Waals surface area contributed by atoms with Crippen molar-refractivity contribution in [1.82, 2.24) is 10.2 Å². The van der Waals surface area contributed by atoms with Crippen LogP contribution in [0.5, 0.6) is 0 Å². The third kappa shape index (κ3) is 4.67. The number of anilines is 2. The molecule has 0 aromatic heterocycles. The topological polar surface area (TPSA) is 87.5 Å². The lowest BCUT2D eigenvalue weighted by molar-refractivity contribution is -0.115. The number of amides is 3. The molecule has 6 nitrogen and oxygen atoms in total. The first-order valence-corrected chi connectivity index (χ1v) is 8.28. The van der Waals surface area contributed by atoms with Crippen LogP contribution in [0.1, 0.15) is 16.7 Å². The molecule has 0 spiro atoms. The van der Waals surface area contributed by atoms with E-state index in [1.165, 1.54) is 5.56 Å². The Balaban J connectivity index is 0.00000243. The summed E-state index contributed by atoms with van der Waals surface area (Å²) in [5, 5.41) is 5.45. The number of nitrogens with two attached hydrogens (primary N) is 1. The molecule has 3 amide bonds. The Labute approximate surface area is 159 Å². The van der Waals surface area contributed by atoms with Gasteiger partial charge >= 0.3 is 6.03 Å². The number of hydrogen-bond donors (Lipinski definition) is 3. The van der Waals surface area contributed by atoms with Crippen molar-refractivity contribution in [3.63, 3.8) is 0 Å². The van der Waals surface area contributed by atoms with Gasteiger partial charge in [0.05, 0.1) is 6.54 Å². The van der Waals surface area contributed by atoms with Gasteiger partial charge in [-0.3, -0.25) is 4.79 Å². The highest BCUT2D eigenvalue weighted by Gasteiger charge is 2.20. The zero-order valence-electron chi connectivity index (χ0n) is 14.6. The number of carbonyl (C=O) groups is 2. The van der Waals surface area contributed by atoms with E-state index in [0.29, 0.717) is 24.5 Å². The third-order valence-electron chi connectivity index (χ3n) is 4.35. The molecule has 0 saturated heterocycles. The first-order chi connectivity index (χ1) is 12.0. The highest BCUT2D eigenvalue weighted by atomic mass is 35.5. The van der Waals surface area contributed by atoms with Gasteiger partial charge in [-0.2, -0.15) is 0 Å². The Kier molecular flexibility index (Phi) is 6.46. The summed E-state index contributed by atoms with van der Waals surface area (Å²) in [5.74, 6) is -0.278. The highest BCUT2D eigenvalue weighted by Crippen LogP contribution is 2.19. The number of rotatable bonds is 3. The minimum atomic E-state index is -0.278. The number of urea groups is 1. The molecular weight excluding hydrogens is 352 g/mol. The molecule has 3 rings (SSSR count). The van der Waals surface area contributed by atoms with Crippen LogP contribution in [0.2, 0.25) is 0 Å². The second-order valence-electron chi connectivity index (χ2n) is 6.22. The van der Waals surface area contributed by atoms with Gasteiger partial charge in [-0.15, -0.1) is 12.4 Å². The van der Waals surface area contributed by atoms with Crippen molar-refractivity contribution in [2.75, 3.05) is 24.1 Å². The third-order valence-corrected chi connectivity index (χ3v) is 4.35. The lowest BCUT2D eigenvalue weighted by Crippen LogP contribution is -2.45. The molecule has 0 unspecified atom stereocenters. The number of aryl methyl sites for hydroxylation is 1. The number of nitrogens with zero attached hydrogens (tertiary/aromatic N) is 1. The van der Waals surface area contributed by atoms with Gasteiger partial charge < -0.3 is 21.3 Å². The highest BCUT2D eigenvalue weighted by molar-refractivity contribution is 5.95. The summed E-state index contributed by atoms with van der Waals surface area (Å²) in [6.45, 7) is 3.03. The molecule has 1 aliphatic heterocycles. The summed E-state index contributed by atoms with van der Waals surface area (Å²) < 4.78 is 0. The number of nitrogens with one attached hydrogen (secondary N) is 2. The fourth-order valence-electron chi connectivity index (χ4n) is 2.91. The monoisotopic (exact) mass is 374 g/mol. The molecule has 0 fully saturated rings. The maximum Gasteiger partial charge on any atom is 0.318 e. The molecule has 2 aromatic carbocycles. The number of carbonyl (C=O) groups excluding carboxylic acids is 2. The minimum Gasteiger partial charge on any atom is -0.399 e. The van der Waals surface area contributed by atoms with Crippen LogP contribution in [0.4, 0.5) is 16.2 Å². The summed E-state index contributed by atoms with van der Waals surface area (Å²) >= 11 is 0. The zero-order valence-corrected chi connectivity index (χ0v) is 15.4. The van der Waals surface area contributed by atoms with Crippen LogP contribution >= 0.6 is 12.4 Å². The summed E-state index contributed by atoms with van der Waals surface area (Å²) in [4.78, 5) is 26.1. The van der Waals surface area contributed by atoms with Gasteiger partial charge in [-0.25, -0.2) is 4.79 Å². The van der Waals surface area contributed by atoms with Crippen molar-refractivity contribution in [2.24, 2.45) is 0 Å². The van der Waals surface area contributed by atoms with Crippen molar-refractivity contribution in [1.29, 1.82) is 0 Å². The van der Waals surface area contributed by atoms with E-state index in [2.05, 4.69) is 16.7 Å². The minimum absolute atomic E-state index is 0. The fraction of sp³-hybridized carbons (Fsp3) is 0.263. The van der Waals surface area contributed by atoms with Crippen molar-refractivity contribution in [3.8, 4) is 0 Å². The van der Waals surface area contributed by atoms with E-state index in [1.807, 2.05) is 31.2 Å². The molecule has 0 bridgehead atoms. The van der Waals surface area contributed by atoms with E-state index in [9.17, 15) is 9.59 Å². The van der Waals surface area contributed by atoms with E-state index < -0.39 is 0 Å². The normalized spacial score (nSPS) is 12.6. The second kappa shape index (κ2) is 8.58. The maximum atomic E-state index is 12.3. The Morgan fingerprint density at radius 2 is 1.88 bits per heavy atom. The first-order valence-electron chi connectivity index (χ1n) is 8.28. The number of fused-ring (bicyclic) bond motifs is 1. The zero-order chi connectivity index (χ0) is 17.8. The molecule has 4 N–H and O–H groups in total. The lowest BCUT2D eigenvalue weighted by atomic mass is 10.0. The van der Waals surface area contributed by atoms with Gasteiger partial charge in [0, 0.05) is 24.5 Å². The average molecular weight is 375 g/mol. The molecule has 0 saturated carbocycles. The average Bonchev–Trinajstić information content (AvgIpc) is 2.62. The van der Waals surface area contributed by atoms with Crippen molar-refractivity contribution in [2.45, 2.75) is 19.9 Å². The van der Waals surface area contributed by atoms with E-state index in [1.54, 1.807) is 17.0 Å². The van der Waals surface area contributed by atoms with Crippen LogP contribution in [0.25, 0.3) is 0 Å². The van der Waals surface area contributed by atoms with Gasteiger partial charge in [0.15, 0.2) is 0 Å². The molecule has 0 radical (unpaired) electrons. The molecule has 7 heteroatoms. The Hall–Kier alpha value is -2.73. The molecule has 0 aliphatic carbocycles. The van der Waals surface area contributed by atoms with Gasteiger partial charge in [0.1, 0.15) is 0 Å². The Bertz CT molecular complexity index is 810. The van der Waals surface area contributed by atoms with Crippen molar-refractivity contribution >= 4 is 35.7 Å². The summed E-state index contributed by atoms with van der Waals surface area (Å²) in [6.07, 6.45) is 0.832. The van der Waals surface area contributed by atoms with Crippen LogP contribution < -0.4 is 16.4 Å². The standard InChI is InChI=1S/C19H22N4O2.ClH/c1-13-6-7-16(20)10-17(13)22-18(24)11-21-19(25)23-9-8-14-4-2-3-5-15(14)12-23;/h2-7,10H,8-9,11-12,20H2,1H3,(H,21,25)(H,22,24);1H. The summed E-state index contributed by atoms with van der Waals surface area (Å²) in [7, 11) is 0. The van der Waals surface area contributed by atoms with Crippen LogP contribution in [0.15, 0.2) is 42.5 Å². The predicted molar refractivity (Wildman–Crippen MR) is 105 cm³/mol. The number of halogens is 1. The molecule has 138 valence electrons. The van der Waals surface area contributed by atoms with E-state index in [0.717, 1.165) is 17.5 Å². The van der Waals surface area contributed by atoms with Crippen LogP contribution in [-0.2, 0) is 17.8 Å². The number of benzene rings is 2. The number of hydrogen-bond acceptors (Lipinski definition) is 3. The summed E-state index contributed by atoms with van der Waals surface area (Å²) in [5.41, 5.74) is 10.3. The van der Waals surface area contributed by atoms with Crippen LogP contribution in [0, 0.1) is 6.92 Å². The fourth-order valence-corrected chi connectivity index (χ4v) is 2.91. The maximum absolute atomic E-state index is 12.3. The predicted octanol–water partition coefficient (Wildman–Crippen LogP) is 2.71.